The van der Waals surface area contributed by atoms with Gasteiger partial charge in [-0.15, -0.1) is 11.3 Å². The third-order valence-corrected chi connectivity index (χ3v) is 3.75. The molecule has 0 saturated heterocycles. The highest BCUT2D eigenvalue weighted by Crippen LogP contribution is 2.36. The largest absolute Gasteiger partial charge is 0.486 e. The maximum atomic E-state index is 10.9. The van der Waals surface area contributed by atoms with E-state index in [9.17, 15) is 4.79 Å². The molecule has 3 rings (SSSR count). The maximum absolute atomic E-state index is 10.9. The first kappa shape index (κ1) is 12.0. The van der Waals surface area contributed by atoms with E-state index in [0.29, 0.717) is 30.4 Å². The molecule has 6 heteroatoms. The average molecular weight is 277 g/mol. The zero-order chi connectivity index (χ0) is 13.4. The zero-order valence-electron chi connectivity index (χ0n) is 10.2. The van der Waals surface area contributed by atoms with Gasteiger partial charge in [-0.25, -0.2) is 9.78 Å². The molecular weight excluding hydrogens is 266 g/mol. The lowest BCUT2D eigenvalue weighted by Gasteiger charge is -2.18. The van der Waals surface area contributed by atoms with Crippen LogP contribution in [0.25, 0.3) is 11.3 Å². The monoisotopic (exact) mass is 277 g/mol. The summed E-state index contributed by atoms with van der Waals surface area (Å²) < 4.78 is 11.0. The van der Waals surface area contributed by atoms with Crippen molar-refractivity contribution >= 4 is 17.3 Å². The summed E-state index contributed by atoms with van der Waals surface area (Å²) in [6.45, 7) is 2.92. The fraction of sp³-hybridized carbons (Fsp3) is 0.231. The fourth-order valence-electron chi connectivity index (χ4n) is 1.95. The van der Waals surface area contributed by atoms with Crippen LogP contribution < -0.4 is 9.47 Å². The normalized spacial score (nSPS) is 13.3. The van der Waals surface area contributed by atoms with Gasteiger partial charge in [-0.2, -0.15) is 0 Å². The number of carbonyl (C=O) groups is 1. The van der Waals surface area contributed by atoms with E-state index in [2.05, 4.69) is 4.98 Å². The van der Waals surface area contributed by atoms with E-state index >= 15 is 0 Å². The predicted molar refractivity (Wildman–Crippen MR) is 70.2 cm³/mol. The van der Waals surface area contributed by atoms with Gasteiger partial charge in [0.25, 0.3) is 0 Å². The second kappa shape index (κ2) is 4.55. The van der Waals surface area contributed by atoms with E-state index < -0.39 is 5.97 Å². The molecule has 98 valence electrons. The molecule has 0 amide bonds. The number of carboxylic acids is 1. The molecule has 1 aromatic carbocycles. The van der Waals surface area contributed by atoms with Crippen molar-refractivity contribution < 1.29 is 19.4 Å². The molecule has 1 aromatic heterocycles. The summed E-state index contributed by atoms with van der Waals surface area (Å²) in [5, 5.41) is 9.06. The number of carboxylic acid groups (broad SMARTS) is 1. The lowest BCUT2D eigenvalue weighted by molar-refractivity contribution is 0.0696. The highest BCUT2D eigenvalue weighted by atomic mass is 32.1. The molecule has 0 aliphatic carbocycles. The minimum absolute atomic E-state index is 0.0994. The lowest BCUT2D eigenvalue weighted by atomic mass is 10.1. The number of benzene rings is 1. The lowest BCUT2D eigenvalue weighted by Crippen LogP contribution is -2.15. The van der Waals surface area contributed by atoms with Gasteiger partial charge < -0.3 is 14.6 Å². The third-order valence-electron chi connectivity index (χ3n) is 2.80. The maximum Gasteiger partial charge on any atom is 0.365 e. The van der Waals surface area contributed by atoms with Crippen LogP contribution in [0.15, 0.2) is 18.2 Å². The first-order valence-corrected chi connectivity index (χ1v) is 6.57. The molecule has 1 N–H and O–H groups in total. The van der Waals surface area contributed by atoms with Gasteiger partial charge >= 0.3 is 5.97 Å². The summed E-state index contributed by atoms with van der Waals surface area (Å²) in [5.41, 5.74) is 1.52. The Hall–Kier alpha value is -2.08. The Morgan fingerprint density at radius 2 is 2.05 bits per heavy atom. The molecule has 0 spiro atoms. The molecule has 1 aliphatic rings. The van der Waals surface area contributed by atoms with Crippen LogP contribution in [0.1, 0.15) is 14.7 Å². The second-order valence-corrected chi connectivity index (χ2v) is 5.29. The van der Waals surface area contributed by atoms with Crippen molar-refractivity contribution in [3.05, 3.63) is 28.1 Å². The molecular formula is C13H11NO4S. The third kappa shape index (κ3) is 2.15. The van der Waals surface area contributed by atoms with E-state index in [-0.39, 0.29) is 5.01 Å². The molecule has 0 atom stereocenters. The van der Waals surface area contributed by atoms with Gasteiger partial charge in [0.2, 0.25) is 5.01 Å². The Kier molecular flexibility index (Phi) is 2.87. The summed E-state index contributed by atoms with van der Waals surface area (Å²) >= 11 is 1.17. The Bertz CT molecular complexity index is 650. The van der Waals surface area contributed by atoms with Gasteiger partial charge in [0.05, 0.1) is 5.69 Å². The smallest absolute Gasteiger partial charge is 0.365 e. The Balaban J connectivity index is 2.04. The average Bonchev–Trinajstić information content (AvgIpc) is 2.80. The van der Waals surface area contributed by atoms with Crippen LogP contribution in [0.2, 0.25) is 0 Å². The van der Waals surface area contributed by atoms with Gasteiger partial charge in [-0.05, 0) is 25.1 Å². The summed E-state index contributed by atoms with van der Waals surface area (Å²) in [6, 6.07) is 5.52. The van der Waals surface area contributed by atoms with Gasteiger partial charge in [0.15, 0.2) is 11.5 Å². The van der Waals surface area contributed by atoms with Crippen LogP contribution >= 0.6 is 11.3 Å². The second-order valence-electron chi connectivity index (χ2n) is 4.09. The number of hydrogen-bond donors (Lipinski definition) is 1. The molecule has 2 heterocycles. The summed E-state index contributed by atoms with van der Waals surface area (Å²) in [5.74, 6) is 0.381. The molecule has 0 unspecified atom stereocenters. The number of ether oxygens (including phenoxy) is 2. The van der Waals surface area contributed by atoms with E-state index in [4.69, 9.17) is 14.6 Å². The van der Waals surface area contributed by atoms with Crippen LogP contribution in [0, 0.1) is 6.92 Å². The summed E-state index contributed by atoms with van der Waals surface area (Å²) in [6.07, 6.45) is 0. The number of fused-ring (bicyclic) bond motifs is 1. The van der Waals surface area contributed by atoms with Gasteiger partial charge in [0, 0.05) is 10.4 Å². The van der Waals surface area contributed by atoms with Gasteiger partial charge in [0.1, 0.15) is 13.2 Å². The van der Waals surface area contributed by atoms with E-state index in [1.165, 1.54) is 11.3 Å². The summed E-state index contributed by atoms with van der Waals surface area (Å²) in [4.78, 5) is 16.0. The van der Waals surface area contributed by atoms with Crippen molar-refractivity contribution in [2.45, 2.75) is 6.92 Å². The molecule has 1 aliphatic heterocycles. The van der Waals surface area contributed by atoms with Crippen LogP contribution in [0.4, 0.5) is 0 Å². The van der Waals surface area contributed by atoms with Crippen LogP contribution in [-0.2, 0) is 0 Å². The van der Waals surface area contributed by atoms with Gasteiger partial charge in [-0.3, -0.25) is 0 Å². The quantitative estimate of drug-likeness (QED) is 0.913. The van der Waals surface area contributed by atoms with Crippen molar-refractivity contribution in [1.29, 1.82) is 0 Å². The van der Waals surface area contributed by atoms with Crippen molar-refractivity contribution in [2.75, 3.05) is 13.2 Å². The van der Waals surface area contributed by atoms with Crippen molar-refractivity contribution in [3.63, 3.8) is 0 Å². The molecule has 0 saturated carbocycles. The number of hydrogen-bond acceptors (Lipinski definition) is 5. The van der Waals surface area contributed by atoms with Crippen molar-refractivity contribution in [1.82, 2.24) is 4.98 Å². The van der Waals surface area contributed by atoms with Crippen molar-refractivity contribution in [3.8, 4) is 22.8 Å². The first-order chi connectivity index (χ1) is 9.15. The highest BCUT2D eigenvalue weighted by molar-refractivity contribution is 7.13. The zero-order valence-corrected chi connectivity index (χ0v) is 11.0. The number of thiazole rings is 1. The highest BCUT2D eigenvalue weighted by Gasteiger charge is 2.17. The number of aryl methyl sites for hydroxylation is 1. The van der Waals surface area contributed by atoms with Crippen molar-refractivity contribution in [2.24, 2.45) is 0 Å². The standard InChI is InChI=1S/C13H11NO4S/c1-7-11(14-12(19-7)13(15)16)8-2-3-9-10(6-8)18-5-4-17-9/h2-3,6H,4-5H2,1H3,(H,15,16). The summed E-state index contributed by atoms with van der Waals surface area (Å²) in [7, 11) is 0. The first-order valence-electron chi connectivity index (χ1n) is 5.76. The predicted octanol–water partition coefficient (Wildman–Crippen LogP) is 2.59. The topological polar surface area (TPSA) is 68.7 Å². The van der Waals surface area contributed by atoms with Crippen LogP contribution in [0.5, 0.6) is 11.5 Å². The Morgan fingerprint density at radius 3 is 2.74 bits per heavy atom. The van der Waals surface area contributed by atoms with Crippen LogP contribution in [0.3, 0.4) is 0 Å². The SMILES string of the molecule is Cc1sc(C(=O)O)nc1-c1ccc2c(c1)OCCO2. The van der Waals surface area contributed by atoms with E-state index in [1.54, 1.807) is 0 Å². The number of aromatic nitrogens is 1. The molecule has 0 bridgehead atoms. The molecule has 5 nitrogen and oxygen atoms in total. The minimum Gasteiger partial charge on any atom is -0.486 e. The minimum atomic E-state index is -1.00. The number of nitrogens with zero attached hydrogens (tertiary/aromatic N) is 1. The Labute approximate surface area is 113 Å². The fourth-order valence-corrected chi connectivity index (χ4v) is 2.72. The van der Waals surface area contributed by atoms with Gasteiger partial charge in [-0.1, -0.05) is 0 Å². The van der Waals surface area contributed by atoms with Crippen LogP contribution in [-0.4, -0.2) is 29.3 Å². The molecule has 2 aromatic rings. The Morgan fingerprint density at radius 1 is 1.32 bits per heavy atom. The van der Waals surface area contributed by atoms with E-state index in [0.717, 1.165) is 10.4 Å². The number of rotatable bonds is 2. The molecule has 0 radical (unpaired) electrons. The molecule has 19 heavy (non-hydrogen) atoms. The molecule has 0 fully saturated rings. The van der Waals surface area contributed by atoms with E-state index in [1.807, 2.05) is 25.1 Å². The number of aromatic carboxylic acids is 1.